The third-order valence-corrected chi connectivity index (χ3v) is 5.31. The lowest BCUT2D eigenvalue weighted by Crippen LogP contribution is -2.48. The lowest BCUT2D eigenvalue weighted by atomic mass is 9.87. The van der Waals surface area contributed by atoms with Crippen LogP contribution in [0.25, 0.3) is 5.69 Å². The molecular weight excluding hydrogens is 354 g/mol. The molecule has 1 aliphatic heterocycles. The maximum absolute atomic E-state index is 12.5. The van der Waals surface area contributed by atoms with E-state index in [1.54, 1.807) is 23.0 Å². The van der Waals surface area contributed by atoms with Crippen molar-refractivity contribution >= 4 is 17.6 Å². The van der Waals surface area contributed by atoms with Gasteiger partial charge in [0.05, 0.1) is 24.2 Å². The summed E-state index contributed by atoms with van der Waals surface area (Å²) in [7, 11) is 1.95. The first-order valence-electron chi connectivity index (χ1n) is 8.79. The standard InChI is InChI=1S/C19H24ClN3O3/c1-14-17(13-22-23(14)16-5-3-4-15(20)12-16)18(24)26-11-8-19(21-2)6-9-25-10-7-19/h3-5,12-13,21H,6-11H2,1-2H3. The van der Waals surface area contributed by atoms with Gasteiger partial charge in [0.2, 0.25) is 0 Å². The Morgan fingerprint density at radius 3 is 2.88 bits per heavy atom. The molecule has 1 aromatic heterocycles. The highest BCUT2D eigenvalue weighted by molar-refractivity contribution is 6.30. The van der Waals surface area contributed by atoms with Gasteiger partial charge in [0.15, 0.2) is 0 Å². The van der Waals surface area contributed by atoms with Crippen LogP contribution in [0.1, 0.15) is 35.3 Å². The Kier molecular flexibility index (Phi) is 5.96. The number of hydrogen-bond acceptors (Lipinski definition) is 5. The third kappa shape index (κ3) is 4.09. The summed E-state index contributed by atoms with van der Waals surface area (Å²) in [6.45, 7) is 3.68. The van der Waals surface area contributed by atoms with E-state index >= 15 is 0 Å². The van der Waals surface area contributed by atoms with Crippen molar-refractivity contribution in [2.24, 2.45) is 0 Å². The van der Waals surface area contributed by atoms with Gasteiger partial charge in [-0.2, -0.15) is 5.10 Å². The van der Waals surface area contributed by atoms with E-state index < -0.39 is 0 Å². The van der Waals surface area contributed by atoms with Crippen LogP contribution >= 0.6 is 11.6 Å². The molecule has 0 saturated carbocycles. The largest absolute Gasteiger partial charge is 0.462 e. The molecule has 0 aliphatic carbocycles. The minimum Gasteiger partial charge on any atom is -0.462 e. The highest BCUT2D eigenvalue weighted by Crippen LogP contribution is 2.24. The zero-order valence-corrected chi connectivity index (χ0v) is 15.9. The first-order valence-corrected chi connectivity index (χ1v) is 9.17. The maximum Gasteiger partial charge on any atom is 0.341 e. The van der Waals surface area contributed by atoms with Crippen molar-refractivity contribution in [2.45, 2.75) is 31.7 Å². The fraction of sp³-hybridized carbons (Fsp3) is 0.474. The van der Waals surface area contributed by atoms with Crippen molar-refractivity contribution in [3.8, 4) is 5.69 Å². The molecule has 1 aromatic carbocycles. The number of ether oxygens (including phenoxy) is 2. The highest BCUT2D eigenvalue weighted by Gasteiger charge is 2.31. The summed E-state index contributed by atoms with van der Waals surface area (Å²) < 4.78 is 12.6. The Bertz CT molecular complexity index is 769. The molecule has 26 heavy (non-hydrogen) atoms. The molecule has 0 unspecified atom stereocenters. The molecule has 0 radical (unpaired) electrons. The smallest absolute Gasteiger partial charge is 0.341 e. The predicted molar refractivity (Wildman–Crippen MR) is 100 cm³/mol. The van der Waals surface area contributed by atoms with Crippen LogP contribution in [0.3, 0.4) is 0 Å². The second-order valence-electron chi connectivity index (χ2n) is 6.56. The van der Waals surface area contributed by atoms with Crippen LogP contribution in [0.4, 0.5) is 0 Å². The maximum atomic E-state index is 12.5. The number of benzene rings is 1. The van der Waals surface area contributed by atoms with E-state index in [9.17, 15) is 4.79 Å². The van der Waals surface area contributed by atoms with Crippen LogP contribution in [0.15, 0.2) is 30.5 Å². The van der Waals surface area contributed by atoms with Crippen molar-refractivity contribution < 1.29 is 14.3 Å². The molecule has 1 aliphatic rings. The highest BCUT2D eigenvalue weighted by atomic mass is 35.5. The van der Waals surface area contributed by atoms with E-state index in [1.807, 2.05) is 26.1 Å². The van der Waals surface area contributed by atoms with Crippen LogP contribution in [0.2, 0.25) is 5.02 Å². The number of carbonyl (C=O) groups is 1. The number of halogens is 1. The van der Waals surface area contributed by atoms with Gasteiger partial charge in [-0.25, -0.2) is 9.48 Å². The number of nitrogens with zero attached hydrogens (tertiary/aromatic N) is 2. The SMILES string of the molecule is CNC1(CCOC(=O)c2cnn(-c3cccc(Cl)c3)c2C)CCOCC1. The zero-order chi connectivity index (χ0) is 18.6. The number of aromatic nitrogens is 2. The topological polar surface area (TPSA) is 65.4 Å². The van der Waals surface area contributed by atoms with E-state index in [0.29, 0.717) is 17.2 Å². The Morgan fingerprint density at radius 1 is 1.42 bits per heavy atom. The van der Waals surface area contributed by atoms with Gasteiger partial charge >= 0.3 is 5.97 Å². The summed E-state index contributed by atoms with van der Waals surface area (Å²) in [5.41, 5.74) is 1.99. The molecule has 0 spiro atoms. The number of rotatable bonds is 6. The summed E-state index contributed by atoms with van der Waals surface area (Å²) >= 11 is 6.04. The quantitative estimate of drug-likeness (QED) is 0.783. The van der Waals surface area contributed by atoms with Crippen molar-refractivity contribution in [2.75, 3.05) is 26.9 Å². The molecule has 140 valence electrons. The summed E-state index contributed by atoms with van der Waals surface area (Å²) in [6, 6.07) is 7.34. The average Bonchev–Trinajstić information content (AvgIpc) is 3.04. The second kappa shape index (κ2) is 8.20. The van der Waals surface area contributed by atoms with E-state index in [2.05, 4.69) is 10.4 Å². The Morgan fingerprint density at radius 2 is 2.19 bits per heavy atom. The lowest BCUT2D eigenvalue weighted by Gasteiger charge is -2.36. The molecular formula is C19H24ClN3O3. The normalized spacial score (nSPS) is 16.4. The Labute approximate surface area is 158 Å². The van der Waals surface area contributed by atoms with Crippen LogP contribution in [-0.2, 0) is 9.47 Å². The lowest BCUT2D eigenvalue weighted by molar-refractivity contribution is 0.0203. The summed E-state index contributed by atoms with van der Waals surface area (Å²) in [5.74, 6) is -0.353. The molecule has 3 rings (SSSR count). The van der Waals surface area contributed by atoms with E-state index in [-0.39, 0.29) is 11.5 Å². The second-order valence-corrected chi connectivity index (χ2v) is 7.00. The minimum absolute atomic E-state index is 0.0153. The Hall–Kier alpha value is -1.89. The molecule has 6 nitrogen and oxygen atoms in total. The van der Waals surface area contributed by atoms with Gasteiger partial charge in [-0.15, -0.1) is 0 Å². The van der Waals surface area contributed by atoms with E-state index in [0.717, 1.165) is 43.9 Å². The van der Waals surface area contributed by atoms with Gasteiger partial charge in [0.1, 0.15) is 5.56 Å². The van der Waals surface area contributed by atoms with Crippen molar-refractivity contribution in [3.05, 3.63) is 46.7 Å². The molecule has 2 heterocycles. The van der Waals surface area contributed by atoms with Gasteiger partial charge in [-0.05, 0) is 51.4 Å². The predicted octanol–water partition coefficient (Wildman–Crippen LogP) is 3.15. The summed E-state index contributed by atoms with van der Waals surface area (Å²) in [5, 5.41) is 8.30. The third-order valence-electron chi connectivity index (χ3n) is 5.08. The summed E-state index contributed by atoms with van der Waals surface area (Å²) in [4.78, 5) is 12.5. The fourth-order valence-electron chi connectivity index (χ4n) is 3.28. The van der Waals surface area contributed by atoms with Gasteiger partial charge in [0.25, 0.3) is 0 Å². The molecule has 0 amide bonds. The first kappa shape index (κ1) is 18.9. The summed E-state index contributed by atoms with van der Waals surface area (Å²) in [6.07, 6.45) is 4.15. The van der Waals surface area contributed by atoms with Crippen molar-refractivity contribution in [3.63, 3.8) is 0 Å². The number of esters is 1. The molecule has 0 bridgehead atoms. The monoisotopic (exact) mass is 377 g/mol. The molecule has 0 atom stereocenters. The van der Waals surface area contributed by atoms with E-state index in [4.69, 9.17) is 21.1 Å². The number of carbonyl (C=O) groups excluding carboxylic acids is 1. The van der Waals surface area contributed by atoms with Gasteiger partial charge in [-0.1, -0.05) is 17.7 Å². The van der Waals surface area contributed by atoms with Crippen LogP contribution in [0, 0.1) is 6.92 Å². The van der Waals surface area contributed by atoms with Crippen molar-refractivity contribution in [1.29, 1.82) is 0 Å². The molecule has 7 heteroatoms. The average molecular weight is 378 g/mol. The number of nitrogens with one attached hydrogen (secondary N) is 1. The molecule has 1 saturated heterocycles. The molecule has 2 aromatic rings. The molecule has 1 N–H and O–H groups in total. The number of hydrogen-bond donors (Lipinski definition) is 1. The zero-order valence-electron chi connectivity index (χ0n) is 15.1. The molecule has 1 fully saturated rings. The Balaban J connectivity index is 1.63. The van der Waals surface area contributed by atoms with Gasteiger partial charge < -0.3 is 14.8 Å². The van der Waals surface area contributed by atoms with Crippen LogP contribution in [0.5, 0.6) is 0 Å². The van der Waals surface area contributed by atoms with Crippen molar-refractivity contribution in [1.82, 2.24) is 15.1 Å². The van der Waals surface area contributed by atoms with E-state index in [1.165, 1.54) is 0 Å². The van der Waals surface area contributed by atoms with Gasteiger partial charge in [-0.3, -0.25) is 0 Å². The van der Waals surface area contributed by atoms with Gasteiger partial charge in [0, 0.05) is 23.8 Å². The van der Waals surface area contributed by atoms with Crippen LogP contribution in [-0.4, -0.2) is 48.2 Å². The minimum atomic E-state index is -0.353. The fourth-order valence-corrected chi connectivity index (χ4v) is 3.47. The van der Waals surface area contributed by atoms with Crippen LogP contribution < -0.4 is 5.32 Å². The first-order chi connectivity index (χ1) is 12.5.